The van der Waals surface area contributed by atoms with Gasteiger partial charge in [0.05, 0.1) is 18.2 Å². The first-order valence-electron chi connectivity index (χ1n) is 8.94. The second kappa shape index (κ2) is 9.75. The third-order valence-corrected chi connectivity index (χ3v) is 4.33. The van der Waals surface area contributed by atoms with Crippen molar-refractivity contribution in [3.05, 3.63) is 41.1 Å². The fraction of sp³-hybridized carbons (Fsp3) is 0.421. The topological polar surface area (TPSA) is 109 Å². The zero-order valence-electron chi connectivity index (χ0n) is 16.5. The molecule has 28 heavy (non-hydrogen) atoms. The van der Waals surface area contributed by atoms with Crippen LogP contribution in [-0.2, 0) is 14.3 Å². The average molecular weight is 390 g/mol. The van der Waals surface area contributed by atoms with Gasteiger partial charge in [-0.25, -0.2) is 14.4 Å². The Bertz CT molecular complexity index is 760. The minimum atomic E-state index is -0.655. The number of urea groups is 2. The van der Waals surface area contributed by atoms with E-state index in [9.17, 15) is 14.4 Å². The summed E-state index contributed by atoms with van der Waals surface area (Å²) >= 11 is 0. The Balaban J connectivity index is 2.26. The number of carbonyl (C=O) groups excluding carboxylic acids is 3. The minimum absolute atomic E-state index is 0.117. The lowest BCUT2D eigenvalue weighted by Crippen LogP contribution is -2.46. The molecular formula is C19H26N4O5. The molecule has 0 bridgehead atoms. The van der Waals surface area contributed by atoms with Gasteiger partial charge >= 0.3 is 18.0 Å². The Labute approximate surface area is 164 Å². The summed E-state index contributed by atoms with van der Waals surface area (Å²) in [6, 6.07) is 5.62. The molecule has 0 aliphatic carbocycles. The number of allylic oxidation sites excluding steroid dienone is 1. The molecule has 1 atom stereocenters. The number of nitrogens with one attached hydrogen (secondary N) is 3. The Hall–Kier alpha value is -3.07. The van der Waals surface area contributed by atoms with Crippen LogP contribution in [-0.4, -0.2) is 56.8 Å². The van der Waals surface area contributed by atoms with Crippen LogP contribution in [0.2, 0.25) is 0 Å². The number of carbonyl (C=O) groups is 3. The molecule has 1 aliphatic heterocycles. The molecule has 152 valence electrons. The second-order valence-corrected chi connectivity index (χ2v) is 6.18. The number of anilines is 1. The van der Waals surface area contributed by atoms with Gasteiger partial charge in [0.15, 0.2) is 0 Å². The number of amides is 4. The Morgan fingerprint density at radius 3 is 2.50 bits per heavy atom. The minimum Gasteiger partial charge on any atom is -0.460 e. The van der Waals surface area contributed by atoms with Gasteiger partial charge in [-0.3, -0.25) is 0 Å². The summed E-state index contributed by atoms with van der Waals surface area (Å²) in [5.74, 6) is -0.518. The molecule has 1 aliphatic rings. The molecule has 0 spiro atoms. The van der Waals surface area contributed by atoms with Gasteiger partial charge in [-0.05, 0) is 31.5 Å². The summed E-state index contributed by atoms with van der Waals surface area (Å²) < 4.78 is 10.2. The van der Waals surface area contributed by atoms with Crippen molar-refractivity contribution < 1.29 is 23.9 Å². The van der Waals surface area contributed by atoms with E-state index in [-0.39, 0.29) is 25.3 Å². The lowest BCUT2D eigenvalue weighted by Gasteiger charge is -2.33. The normalized spacial score (nSPS) is 16.5. The van der Waals surface area contributed by atoms with Crippen LogP contribution < -0.4 is 16.0 Å². The number of hydrogen-bond acceptors (Lipinski definition) is 5. The van der Waals surface area contributed by atoms with Gasteiger partial charge < -0.3 is 30.3 Å². The van der Waals surface area contributed by atoms with E-state index in [0.717, 1.165) is 0 Å². The molecule has 1 aromatic rings. The van der Waals surface area contributed by atoms with Gasteiger partial charge in [0.1, 0.15) is 6.61 Å². The third-order valence-electron chi connectivity index (χ3n) is 4.33. The molecule has 0 radical (unpaired) electrons. The third kappa shape index (κ3) is 5.01. The van der Waals surface area contributed by atoms with E-state index in [0.29, 0.717) is 29.1 Å². The molecule has 3 N–H and O–H groups in total. The fourth-order valence-corrected chi connectivity index (χ4v) is 2.74. The van der Waals surface area contributed by atoms with Crippen molar-refractivity contribution in [2.24, 2.45) is 0 Å². The van der Waals surface area contributed by atoms with Crippen LogP contribution >= 0.6 is 0 Å². The molecule has 0 saturated heterocycles. The largest absolute Gasteiger partial charge is 0.460 e. The van der Waals surface area contributed by atoms with Gasteiger partial charge in [-0.2, -0.15) is 0 Å². The monoisotopic (exact) mass is 390 g/mol. The summed E-state index contributed by atoms with van der Waals surface area (Å²) in [5, 5.41) is 8.16. The molecule has 0 unspecified atom stereocenters. The van der Waals surface area contributed by atoms with Crippen LogP contribution in [0.15, 0.2) is 35.5 Å². The molecule has 9 heteroatoms. The first kappa shape index (κ1) is 21.2. The zero-order valence-corrected chi connectivity index (χ0v) is 16.5. The van der Waals surface area contributed by atoms with Gasteiger partial charge in [0, 0.05) is 32.1 Å². The van der Waals surface area contributed by atoms with Crippen molar-refractivity contribution in [1.82, 2.24) is 15.5 Å². The van der Waals surface area contributed by atoms with E-state index in [2.05, 4.69) is 16.0 Å². The number of methoxy groups -OCH3 is 1. The first-order valence-corrected chi connectivity index (χ1v) is 8.94. The Morgan fingerprint density at radius 2 is 1.89 bits per heavy atom. The summed E-state index contributed by atoms with van der Waals surface area (Å²) in [6.07, 6.45) is 0. The number of esters is 1. The van der Waals surface area contributed by atoms with Crippen molar-refractivity contribution in [3.8, 4) is 0 Å². The van der Waals surface area contributed by atoms with Crippen LogP contribution in [0.5, 0.6) is 0 Å². The van der Waals surface area contributed by atoms with Gasteiger partial charge in [-0.15, -0.1) is 0 Å². The maximum Gasteiger partial charge on any atom is 0.338 e. The lowest BCUT2D eigenvalue weighted by atomic mass is 9.95. The van der Waals surface area contributed by atoms with Crippen LogP contribution in [0.1, 0.15) is 25.5 Å². The van der Waals surface area contributed by atoms with Crippen LogP contribution in [0.3, 0.4) is 0 Å². The molecule has 1 heterocycles. The molecular weight excluding hydrogens is 364 g/mol. The van der Waals surface area contributed by atoms with Crippen molar-refractivity contribution in [3.63, 3.8) is 0 Å². The van der Waals surface area contributed by atoms with Crippen LogP contribution in [0, 0.1) is 0 Å². The van der Waals surface area contributed by atoms with Gasteiger partial charge in [0.25, 0.3) is 0 Å². The quantitative estimate of drug-likeness (QED) is 0.487. The maximum absolute atomic E-state index is 12.6. The van der Waals surface area contributed by atoms with E-state index in [1.54, 1.807) is 38.2 Å². The standard InChI is InChI=1S/C19H26N4O5/c1-5-20-18(25)21-14-8-6-13(7-9-14)16-15(17(24)28-11-10-27-4)12(2)23(3)19(26)22-16/h6-9,16H,5,10-11H2,1-4H3,(H,22,26)(H2,20,21,25)/t16-/m1/s1. The average Bonchev–Trinajstić information content (AvgIpc) is 2.66. The van der Waals surface area contributed by atoms with Crippen LogP contribution in [0.4, 0.5) is 15.3 Å². The number of hydrogen-bond donors (Lipinski definition) is 3. The molecule has 4 amide bonds. The Morgan fingerprint density at radius 1 is 1.21 bits per heavy atom. The molecule has 1 aromatic carbocycles. The number of rotatable bonds is 7. The van der Waals surface area contributed by atoms with E-state index >= 15 is 0 Å². The highest BCUT2D eigenvalue weighted by molar-refractivity contribution is 5.95. The highest BCUT2D eigenvalue weighted by atomic mass is 16.6. The van der Waals surface area contributed by atoms with E-state index in [4.69, 9.17) is 9.47 Å². The van der Waals surface area contributed by atoms with E-state index in [1.165, 1.54) is 12.0 Å². The Kier molecular flexibility index (Phi) is 7.39. The number of nitrogens with zero attached hydrogens (tertiary/aromatic N) is 1. The molecule has 0 fully saturated rings. The summed E-state index contributed by atoms with van der Waals surface area (Å²) in [6.45, 7) is 4.44. The molecule has 0 aromatic heterocycles. The van der Waals surface area contributed by atoms with E-state index < -0.39 is 12.0 Å². The predicted molar refractivity (Wildman–Crippen MR) is 104 cm³/mol. The van der Waals surface area contributed by atoms with Gasteiger partial charge in [0.2, 0.25) is 0 Å². The van der Waals surface area contributed by atoms with E-state index in [1.807, 2.05) is 6.92 Å². The van der Waals surface area contributed by atoms with Crippen molar-refractivity contribution in [2.75, 3.05) is 39.2 Å². The predicted octanol–water partition coefficient (Wildman–Crippen LogP) is 1.99. The van der Waals surface area contributed by atoms with Gasteiger partial charge in [-0.1, -0.05) is 12.1 Å². The zero-order chi connectivity index (χ0) is 20.7. The number of benzene rings is 1. The maximum atomic E-state index is 12.6. The number of ether oxygens (including phenoxy) is 2. The van der Waals surface area contributed by atoms with Crippen molar-refractivity contribution in [2.45, 2.75) is 19.9 Å². The molecule has 9 nitrogen and oxygen atoms in total. The highest BCUT2D eigenvalue weighted by Crippen LogP contribution is 2.31. The summed E-state index contributed by atoms with van der Waals surface area (Å²) in [4.78, 5) is 37.9. The van der Waals surface area contributed by atoms with Crippen molar-refractivity contribution >= 4 is 23.7 Å². The summed E-state index contributed by atoms with van der Waals surface area (Å²) in [7, 11) is 3.11. The smallest absolute Gasteiger partial charge is 0.338 e. The fourth-order valence-electron chi connectivity index (χ4n) is 2.74. The van der Waals surface area contributed by atoms with Crippen LogP contribution in [0.25, 0.3) is 0 Å². The highest BCUT2D eigenvalue weighted by Gasteiger charge is 2.34. The van der Waals surface area contributed by atoms with Crippen molar-refractivity contribution in [1.29, 1.82) is 0 Å². The molecule has 2 rings (SSSR count). The second-order valence-electron chi connectivity index (χ2n) is 6.18. The SMILES string of the molecule is CCNC(=O)Nc1ccc([C@H]2NC(=O)N(C)C(C)=C2C(=O)OCCOC)cc1. The molecule has 0 saturated carbocycles. The lowest BCUT2D eigenvalue weighted by molar-refractivity contribution is -0.140. The summed E-state index contributed by atoms with van der Waals surface area (Å²) in [5.41, 5.74) is 2.16. The first-order chi connectivity index (χ1) is 13.4.